The van der Waals surface area contributed by atoms with Crippen molar-refractivity contribution in [2.75, 3.05) is 33.8 Å². The summed E-state index contributed by atoms with van der Waals surface area (Å²) in [7, 11) is -0.909. The van der Waals surface area contributed by atoms with E-state index in [1.54, 1.807) is 14.1 Å². The lowest BCUT2D eigenvalue weighted by molar-refractivity contribution is -0.377. The zero-order valence-corrected chi connectivity index (χ0v) is 29.1. The molecule has 3 aromatic rings. The number of pyridine rings is 1. The first-order chi connectivity index (χ1) is 22.8. The van der Waals surface area contributed by atoms with E-state index in [9.17, 15) is 26.8 Å². The van der Waals surface area contributed by atoms with Crippen LogP contribution in [0.1, 0.15) is 53.3 Å². The van der Waals surface area contributed by atoms with Crippen LogP contribution in [0.2, 0.25) is 10.0 Å². The average Bonchev–Trinajstić information content (AvgIpc) is 3.89. The molecule has 0 unspecified atom stereocenters. The summed E-state index contributed by atoms with van der Waals surface area (Å²) < 4.78 is 71.5. The Morgan fingerprint density at radius 3 is 2.41 bits per heavy atom. The van der Waals surface area contributed by atoms with Crippen LogP contribution in [0.3, 0.4) is 0 Å². The Hall–Kier alpha value is -3.56. The van der Waals surface area contributed by atoms with Crippen molar-refractivity contribution < 1.29 is 51.5 Å². The van der Waals surface area contributed by atoms with Gasteiger partial charge in [-0.3, -0.25) is 9.59 Å². The van der Waals surface area contributed by atoms with E-state index >= 15 is 0 Å². The van der Waals surface area contributed by atoms with Crippen LogP contribution in [0.15, 0.2) is 59.8 Å². The average molecular weight is 745 g/mol. The number of carbonyl (C=O) groups is 2. The van der Waals surface area contributed by atoms with E-state index in [0.29, 0.717) is 36.5 Å². The lowest BCUT2D eigenvalue weighted by Crippen LogP contribution is -2.43. The van der Waals surface area contributed by atoms with Gasteiger partial charge < -0.3 is 24.6 Å². The quantitative estimate of drug-likeness (QED) is 0.204. The Bertz CT molecular complexity index is 1740. The minimum atomic E-state index is -4.05. The number of esters is 1. The van der Waals surface area contributed by atoms with Gasteiger partial charge in [0.15, 0.2) is 23.9 Å². The number of hydrogen-bond donors (Lipinski definition) is 0. The summed E-state index contributed by atoms with van der Waals surface area (Å²) in [5.41, 5.74) is 1.11. The molecule has 1 saturated carbocycles. The van der Waals surface area contributed by atoms with Crippen LogP contribution in [0.4, 0.5) is 8.78 Å². The summed E-state index contributed by atoms with van der Waals surface area (Å²) >= 11 is 12.9. The standard InChI is InChI=1S/C33H35Cl2F2N3O7S.H2O/c1-39(2)31(41)22-5-3-7-24(13-22)48(43,44)40-12-4-6-23(18-40)32(42)46-29(15-25-26(34)16-38-17-27(25)35)21-10-11-28(47-33(36)37)30(14-21)45-19-20-8-9-20;/h3,5,7,10-11,13-14,16-17,20,23,29,33H,4,6,8-9,12,15,18-19H2,1-2H3;1H2/t23-,29+;/m1./s1. The van der Waals surface area contributed by atoms with Crippen LogP contribution >= 0.6 is 23.2 Å². The monoisotopic (exact) mass is 743 g/mol. The van der Waals surface area contributed by atoms with Crippen LogP contribution < -0.4 is 14.5 Å². The molecule has 2 heterocycles. The highest BCUT2D eigenvalue weighted by Gasteiger charge is 2.36. The number of benzene rings is 2. The SMILES string of the molecule is CN(C)C(=O)c1cccc(S(=O)(=O)N2CCC[C@@H](C(=O)O[C@@H](Cc3c(Cl)c[nH+]cc3Cl)c3ccc(OC(F)F)c(OCC4CC4)c3)C2)c1.[OH-]. The Morgan fingerprint density at radius 2 is 1.76 bits per heavy atom. The third kappa shape index (κ3) is 9.57. The largest absolute Gasteiger partial charge is 0.870 e. The van der Waals surface area contributed by atoms with Crippen molar-refractivity contribution in [3.63, 3.8) is 0 Å². The van der Waals surface area contributed by atoms with Gasteiger partial charge in [0.2, 0.25) is 10.0 Å². The van der Waals surface area contributed by atoms with E-state index in [1.165, 1.54) is 64.1 Å². The zero-order chi connectivity index (χ0) is 34.6. The molecule has 2 fully saturated rings. The predicted molar refractivity (Wildman–Crippen MR) is 175 cm³/mol. The highest BCUT2D eigenvalue weighted by atomic mass is 35.5. The molecule has 5 rings (SSSR count). The molecule has 11 nitrogen and oxygen atoms in total. The summed E-state index contributed by atoms with van der Waals surface area (Å²) in [6.45, 7) is -2.72. The molecule has 16 heteroatoms. The summed E-state index contributed by atoms with van der Waals surface area (Å²) in [6, 6.07) is 10.1. The number of ether oxygens (including phenoxy) is 3. The van der Waals surface area contributed by atoms with E-state index in [1.807, 2.05) is 0 Å². The fraction of sp³-hybridized carbons (Fsp3) is 0.424. The van der Waals surface area contributed by atoms with Gasteiger partial charge >= 0.3 is 12.6 Å². The maximum absolute atomic E-state index is 13.8. The minimum Gasteiger partial charge on any atom is -0.870 e. The third-order valence-electron chi connectivity index (χ3n) is 8.21. The number of aromatic amines is 1. The molecule has 1 saturated heterocycles. The van der Waals surface area contributed by atoms with Crippen LogP contribution in [0, 0.1) is 11.8 Å². The topological polar surface area (TPSA) is 147 Å². The number of halogens is 4. The van der Waals surface area contributed by atoms with Gasteiger partial charge in [0.25, 0.3) is 5.91 Å². The molecule has 1 aliphatic carbocycles. The lowest BCUT2D eigenvalue weighted by Gasteiger charge is -2.32. The predicted octanol–water partition coefficient (Wildman–Crippen LogP) is 5.65. The molecule has 1 amide bonds. The van der Waals surface area contributed by atoms with E-state index in [2.05, 4.69) is 9.72 Å². The second-order valence-corrected chi connectivity index (χ2v) is 14.8. The van der Waals surface area contributed by atoms with Gasteiger partial charge in [0, 0.05) is 44.7 Å². The molecule has 0 radical (unpaired) electrons. The number of amides is 1. The molecule has 1 aromatic heterocycles. The van der Waals surface area contributed by atoms with E-state index in [0.717, 1.165) is 12.8 Å². The smallest absolute Gasteiger partial charge is 0.387 e. The number of carbonyl (C=O) groups excluding carboxylic acids is 2. The first-order valence-electron chi connectivity index (χ1n) is 15.4. The van der Waals surface area contributed by atoms with Gasteiger partial charge in [-0.05, 0) is 67.5 Å². The van der Waals surface area contributed by atoms with Gasteiger partial charge in [-0.25, -0.2) is 13.4 Å². The third-order valence-corrected chi connectivity index (χ3v) is 10.7. The molecule has 2 atom stereocenters. The Kier molecular flexibility index (Phi) is 12.8. The van der Waals surface area contributed by atoms with Crippen molar-refractivity contribution in [1.29, 1.82) is 0 Å². The van der Waals surface area contributed by atoms with Crippen LogP contribution in [0.5, 0.6) is 11.5 Å². The summed E-state index contributed by atoms with van der Waals surface area (Å²) in [6.07, 6.45) is 4.78. The molecule has 2 aliphatic rings. The van der Waals surface area contributed by atoms with Crippen molar-refractivity contribution in [2.24, 2.45) is 11.8 Å². The fourth-order valence-corrected chi connectivity index (χ4v) is 7.50. The number of nitrogens with one attached hydrogen (secondary N) is 1. The Morgan fingerprint density at radius 1 is 1.04 bits per heavy atom. The Labute approximate surface area is 293 Å². The lowest BCUT2D eigenvalue weighted by atomic mass is 9.98. The minimum absolute atomic E-state index is 0. The van der Waals surface area contributed by atoms with Crippen LogP contribution in [-0.4, -0.2) is 75.4 Å². The number of piperidine rings is 1. The van der Waals surface area contributed by atoms with Gasteiger partial charge in [0.1, 0.15) is 16.1 Å². The van der Waals surface area contributed by atoms with Gasteiger partial charge in [-0.15, -0.1) is 0 Å². The second kappa shape index (κ2) is 16.4. The highest BCUT2D eigenvalue weighted by Crippen LogP contribution is 2.38. The molecule has 2 N–H and O–H groups in total. The summed E-state index contributed by atoms with van der Waals surface area (Å²) in [4.78, 5) is 30.4. The highest BCUT2D eigenvalue weighted by molar-refractivity contribution is 7.89. The van der Waals surface area contributed by atoms with Crippen molar-refractivity contribution in [2.45, 2.75) is 49.7 Å². The summed E-state index contributed by atoms with van der Waals surface area (Å²) in [5, 5.41) is 0.577. The molecular formula is C33H37Cl2F2N3O8S. The van der Waals surface area contributed by atoms with Crippen molar-refractivity contribution >= 4 is 45.1 Å². The van der Waals surface area contributed by atoms with Crippen LogP contribution in [0.25, 0.3) is 0 Å². The zero-order valence-electron chi connectivity index (χ0n) is 26.8. The molecule has 1 aliphatic heterocycles. The number of nitrogens with zero attached hydrogens (tertiary/aromatic N) is 2. The molecule has 0 bridgehead atoms. The number of hydrogen-bond acceptors (Lipinski definition) is 8. The molecule has 49 heavy (non-hydrogen) atoms. The molecule has 0 spiro atoms. The second-order valence-electron chi connectivity index (χ2n) is 12.0. The maximum atomic E-state index is 13.8. The van der Waals surface area contributed by atoms with Crippen LogP contribution in [-0.2, 0) is 26.0 Å². The van der Waals surface area contributed by atoms with Crippen molar-refractivity contribution in [3.05, 3.63) is 81.6 Å². The summed E-state index contributed by atoms with van der Waals surface area (Å²) in [5.74, 6) is -1.58. The number of rotatable bonds is 13. The van der Waals surface area contributed by atoms with Gasteiger partial charge in [-0.2, -0.15) is 13.1 Å². The van der Waals surface area contributed by atoms with E-state index in [-0.39, 0.29) is 62.9 Å². The number of alkyl halides is 2. The number of H-pyrrole nitrogens is 1. The Balaban J connectivity index is 0.00000541. The molecular weight excluding hydrogens is 707 g/mol. The molecule has 266 valence electrons. The first kappa shape index (κ1) is 38.2. The van der Waals surface area contributed by atoms with Gasteiger partial charge in [-0.1, -0.05) is 35.3 Å². The number of aromatic nitrogens is 1. The molecule has 2 aromatic carbocycles. The van der Waals surface area contributed by atoms with E-state index < -0.39 is 34.6 Å². The fourth-order valence-electron chi connectivity index (χ4n) is 5.39. The van der Waals surface area contributed by atoms with E-state index in [4.69, 9.17) is 32.7 Å². The van der Waals surface area contributed by atoms with Crippen molar-refractivity contribution in [3.8, 4) is 11.5 Å². The van der Waals surface area contributed by atoms with Gasteiger partial charge in [0.05, 0.1) is 17.4 Å². The van der Waals surface area contributed by atoms with Crippen molar-refractivity contribution in [1.82, 2.24) is 9.21 Å². The number of sulfonamides is 1. The first-order valence-corrected chi connectivity index (χ1v) is 17.6. The normalized spacial score (nSPS) is 17.2. The maximum Gasteiger partial charge on any atom is 0.387 e.